The van der Waals surface area contributed by atoms with E-state index in [1.54, 1.807) is 79.7 Å². The number of hydrogen-bond donors (Lipinski definition) is 2. The van der Waals surface area contributed by atoms with Gasteiger partial charge in [0.15, 0.2) is 0 Å². The molecule has 2 amide bonds. The van der Waals surface area contributed by atoms with Gasteiger partial charge in [0, 0.05) is 28.9 Å². The van der Waals surface area contributed by atoms with Crippen LogP contribution in [0.2, 0.25) is 0 Å². The standard InChI is InChI=1S/C24H19N3O4/c1-2-21(28)25-17-11-7-15(8-12-17)22(29)26-18-13-9-16(10-14-18)23-27-20-6-4-3-5-19(20)24(30)31-23/h3-14H,2H2,1H3,(H,25,28)(H,26,29). The van der Waals surface area contributed by atoms with E-state index < -0.39 is 5.63 Å². The average Bonchev–Trinajstić information content (AvgIpc) is 2.80. The average molecular weight is 413 g/mol. The fourth-order valence-corrected chi connectivity index (χ4v) is 3.00. The van der Waals surface area contributed by atoms with E-state index in [0.717, 1.165) is 0 Å². The van der Waals surface area contributed by atoms with Gasteiger partial charge in [0.2, 0.25) is 11.8 Å². The van der Waals surface area contributed by atoms with Crippen molar-refractivity contribution in [3.63, 3.8) is 0 Å². The van der Waals surface area contributed by atoms with Gasteiger partial charge in [-0.25, -0.2) is 9.78 Å². The Labute approximate surface area is 177 Å². The molecule has 1 aromatic heterocycles. The number of fused-ring (bicyclic) bond motifs is 1. The predicted octanol–water partition coefficient (Wildman–Crippen LogP) is 4.46. The summed E-state index contributed by atoms with van der Waals surface area (Å²) in [6.45, 7) is 1.77. The van der Waals surface area contributed by atoms with Gasteiger partial charge in [-0.1, -0.05) is 19.1 Å². The number of carbonyl (C=O) groups is 2. The second kappa shape index (κ2) is 8.62. The highest BCUT2D eigenvalue weighted by Gasteiger charge is 2.10. The summed E-state index contributed by atoms with van der Waals surface area (Å²) < 4.78 is 5.33. The Hall–Kier alpha value is -4.26. The van der Waals surface area contributed by atoms with E-state index in [9.17, 15) is 14.4 Å². The van der Waals surface area contributed by atoms with Crippen molar-refractivity contribution in [2.45, 2.75) is 13.3 Å². The van der Waals surface area contributed by atoms with Crippen LogP contribution in [0.3, 0.4) is 0 Å². The number of hydrogen-bond acceptors (Lipinski definition) is 5. The maximum atomic E-state index is 12.5. The van der Waals surface area contributed by atoms with Crippen molar-refractivity contribution in [2.24, 2.45) is 0 Å². The third-order valence-corrected chi connectivity index (χ3v) is 4.68. The van der Waals surface area contributed by atoms with Crippen molar-refractivity contribution in [2.75, 3.05) is 10.6 Å². The normalized spacial score (nSPS) is 10.6. The Morgan fingerprint density at radius 1 is 0.871 bits per heavy atom. The summed E-state index contributed by atoms with van der Waals surface area (Å²) in [7, 11) is 0. The zero-order valence-electron chi connectivity index (χ0n) is 16.7. The van der Waals surface area contributed by atoms with Gasteiger partial charge in [-0.15, -0.1) is 0 Å². The topological polar surface area (TPSA) is 101 Å². The minimum absolute atomic E-state index is 0.0889. The van der Waals surface area contributed by atoms with Crippen LogP contribution in [-0.4, -0.2) is 16.8 Å². The molecule has 7 nitrogen and oxygen atoms in total. The van der Waals surface area contributed by atoms with Crippen LogP contribution >= 0.6 is 0 Å². The minimum atomic E-state index is -0.448. The van der Waals surface area contributed by atoms with Crippen LogP contribution in [0.15, 0.2) is 82.0 Å². The Morgan fingerprint density at radius 3 is 2.23 bits per heavy atom. The molecule has 3 aromatic carbocycles. The molecule has 0 saturated carbocycles. The van der Waals surface area contributed by atoms with E-state index in [0.29, 0.717) is 39.8 Å². The van der Waals surface area contributed by atoms with E-state index in [1.165, 1.54) is 0 Å². The van der Waals surface area contributed by atoms with E-state index in [4.69, 9.17) is 4.42 Å². The lowest BCUT2D eigenvalue weighted by molar-refractivity contribution is -0.115. The van der Waals surface area contributed by atoms with E-state index in [-0.39, 0.29) is 17.7 Å². The Kier molecular flexibility index (Phi) is 5.57. The minimum Gasteiger partial charge on any atom is -0.403 e. The van der Waals surface area contributed by atoms with Gasteiger partial charge >= 0.3 is 5.63 Å². The molecule has 0 unspecified atom stereocenters. The molecule has 154 valence electrons. The molecular weight excluding hydrogens is 394 g/mol. The first kappa shape index (κ1) is 20.0. The highest BCUT2D eigenvalue weighted by atomic mass is 16.4. The molecule has 0 aliphatic carbocycles. The molecule has 0 aliphatic heterocycles. The number of nitrogens with one attached hydrogen (secondary N) is 2. The van der Waals surface area contributed by atoms with Gasteiger partial charge in [-0.2, -0.15) is 0 Å². The summed E-state index contributed by atoms with van der Waals surface area (Å²) in [4.78, 5) is 40.5. The molecule has 4 rings (SSSR count). The summed E-state index contributed by atoms with van der Waals surface area (Å²) in [5.74, 6) is -0.156. The molecule has 0 saturated heterocycles. The largest absolute Gasteiger partial charge is 0.403 e. The third kappa shape index (κ3) is 4.51. The van der Waals surface area contributed by atoms with Crippen LogP contribution in [0.4, 0.5) is 11.4 Å². The molecular formula is C24H19N3O4. The SMILES string of the molecule is CCC(=O)Nc1ccc(C(=O)Nc2ccc(-c3nc4ccccc4c(=O)o3)cc2)cc1. The number of anilines is 2. The number of benzene rings is 3. The number of para-hydroxylation sites is 1. The Bertz CT molecular complexity index is 1310. The van der Waals surface area contributed by atoms with Crippen LogP contribution in [0.25, 0.3) is 22.4 Å². The molecule has 0 bridgehead atoms. The highest BCUT2D eigenvalue weighted by Crippen LogP contribution is 2.21. The molecule has 0 atom stereocenters. The van der Waals surface area contributed by atoms with Crippen molar-refractivity contribution in [3.8, 4) is 11.5 Å². The fraction of sp³-hybridized carbons (Fsp3) is 0.0833. The van der Waals surface area contributed by atoms with Crippen LogP contribution < -0.4 is 16.3 Å². The summed E-state index contributed by atoms with van der Waals surface area (Å²) in [6.07, 6.45) is 0.385. The number of nitrogens with zero attached hydrogens (tertiary/aromatic N) is 1. The van der Waals surface area contributed by atoms with Crippen molar-refractivity contribution < 1.29 is 14.0 Å². The maximum absolute atomic E-state index is 12.5. The van der Waals surface area contributed by atoms with Crippen molar-refractivity contribution >= 4 is 34.1 Å². The van der Waals surface area contributed by atoms with Crippen LogP contribution in [0.1, 0.15) is 23.7 Å². The van der Waals surface area contributed by atoms with Gasteiger partial charge < -0.3 is 15.1 Å². The van der Waals surface area contributed by atoms with Crippen LogP contribution in [-0.2, 0) is 4.79 Å². The maximum Gasteiger partial charge on any atom is 0.347 e. The van der Waals surface area contributed by atoms with Gasteiger partial charge in [-0.05, 0) is 60.7 Å². The molecule has 7 heteroatoms. The molecule has 0 radical (unpaired) electrons. The lowest BCUT2D eigenvalue weighted by Gasteiger charge is -2.08. The lowest BCUT2D eigenvalue weighted by atomic mass is 10.1. The molecule has 2 N–H and O–H groups in total. The monoisotopic (exact) mass is 413 g/mol. The molecule has 0 spiro atoms. The number of amides is 2. The van der Waals surface area contributed by atoms with Gasteiger partial charge in [-0.3, -0.25) is 9.59 Å². The highest BCUT2D eigenvalue weighted by molar-refractivity contribution is 6.04. The van der Waals surface area contributed by atoms with Crippen molar-refractivity contribution in [1.82, 2.24) is 4.98 Å². The molecule has 0 fully saturated rings. The summed E-state index contributed by atoms with van der Waals surface area (Å²) >= 11 is 0. The number of carbonyl (C=O) groups excluding carboxylic acids is 2. The quantitative estimate of drug-likeness (QED) is 0.503. The molecule has 1 heterocycles. The van der Waals surface area contributed by atoms with Gasteiger partial charge in [0.1, 0.15) is 0 Å². The van der Waals surface area contributed by atoms with E-state index in [1.807, 2.05) is 0 Å². The van der Waals surface area contributed by atoms with Crippen LogP contribution in [0, 0.1) is 0 Å². The first-order valence-corrected chi connectivity index (χ1v) is 9.75. The smallest absolute Gasteiger partial charge is 0.347 e. The van der Waals surface area contributed by atoms with E-state index >= 15 is 0 Å². The zero-order chi connectivity index (χ0) is 21.8. The molecule has 0 aliphatic rings. The van der Waals surface area contributed by atoms with Crippen molar-refractivity contribution in [1.29, 1.82) is 0 Å². The third-order valence-electron chi connectivity index (χ3n) is 4.68. The second-order valence-electron chi connectivity index (χ2n) is 6.83. The molecule has 31 heavy (non-hydrogen) atoms. The number of rotatable bonds is 5. The molecule has 4 aromatic rings. The predicted molar refractivity (Wildman–Crippen MR) is 119 cm³/mol. The first-order valence-electron chi connectivity index (χ1n) is 9.75. The second-order valence-corrected chi connectivity index (χ2v) is 6.83. The van der Waals surface area contributed by atoms with E-state index in [2.05, 4.69) is 15.6 Å². The van der Waals surface area contributed by atoms with Gasteiger partial charge in [0.25, 0.3) is 5.91 Å². The zero-order valence-corrected chi connectivity index (χ0v) is 16.7. The summed E-state index contributed by atoms with van der Waals surface area (Å²) in [5.41, 5.74) is 2.41. The lowest BCUT2D eigenvalue weighted by Crippen LogP contribution is -2.13. The van der Waals surface area contributed by atoms with Crippen molar-refractivity contribution in [3.05, 3.63) is 88.8 Å². The first-order chi connectivity index (χ1) is 15.0. The number of aromatic nitrogens is 1. The van der Waals surface area contributed by atoms with Crippen LogP contribution in [0.5, 0.6) is 0 Å². The summed E-state index contributed by atoms with van der Waals surface area (Å²) in [6, 6.07) is 20.5. The Balaban J connectivity index is 1.48. The fourth-order valence-electron chi connectivity index (χ4n) is 3.00. The van der Waals surface area contributed by atoms with Gasteiger partial charge in [0.05, 0.1) is 10.9 Å². The summed E-state index contributed by atoms with van der Waals surface area (Å²) in [5, 5.41) is 5.97. The Morgan fingerprint density at radius 2 is 1.52 bits per heavy atom.